The van der Waals surface area contributed by atoms with Gasteiger partial charge in [0, 0.05) is 37.5 Å². The summed E-state index contributed by atoms with van der Waals surface area (Å²) >= 11 is 2.08. The highest BCUT2D eigenvalue weighted by Gasteiger charge is 2.46. The third-order valence-corrected chi connectivity index (χ3v) is 7.46. The van der Waals surface area contributed by atoms with E-state index in [1.807, 2.05) is 0 Å². The van der Waals surface area contributed by atoms with Crippen molar-refractivity contribution in [2.45, 2.75) is 56.2 Å². The van der Waals surface area contributed by atoms with Crippen molar-refractivity contribution < 1.29 is 4.74 Å². The summed E-state index contributed by atoms with van der Waals surface area (Å²) in [6, 6.07) is 1.23. The van der Waals surface area contributed by atoms with Crippen LogP contribution in [0.15, 0.2) is 0 Å². The summed E-state index contributed by atoms with van der Waals surface area (Å²) in [6.07, 6.45) is 7.80. The third-order valence-electron chi connectivity index (χ3n) is 6.23. The van der Waals surface area contributed by atoms with Gasteiger partial charge in [0.15, 0.2) is 0 Å². The lowest BCUT2D eigenvalue weighted by Gasteiger charge is -2.41. The van der Waals surface area contributed by atoms with Gasteiger partial charge in [-0.3, -0.25) is 4.90 Å². The average Bonchev–Trinajstić information content (AvgIpc) is 3.07. The van der Waals surface area contributed by atoms with Crippen molar-refractivity contribution in [1.82, 2.24) is 4.90 Å². The first-order valence-electron chi connectivity index (χ1n) is 8.47. The van der Waals surface area contributed by atoms with Crippen LogP contribution in [-0.4, -0.2) is 53.8 Å². The van der Waals surface area contributed by atoms with Crippen LogP contribution in [0, 0.1) is 11.8 Å². The van der Waals surface area contributed by atoms with E-state index in [0.29, 0.717) is 6.04 Å². The maximum atomic E-state index is 6.37. The largest absolute Gasteiger partial charge is 0.374 e. The minimum Gasteiger partial charge on any atom is -0.374 e. The summed E-state index contributed by atoms with van der Waals surface area (Å²) in [5.41, 5.74) is 6.60. The van der Waals surface area contributed by atoms with Gasteiger partial charge in [-0.2, -0.15) is 11.8 Å². The van der Waals surface area contributed by atoms with Crippen LogP contribution in [0.25, 0.3) is 0 Å². The monoisotopic (exact) mass is 296 g/mol. The molecule has 3 nitrogen and oxygen atoms in total. The lowest BCUT2D eigenvalue weighted by atomic mass is 9.78. The molecule has 3 heterocycles. The van der Waals surface area contributed by atoms with Gasteiger partial charge in [0.25, 0.3) is 0 Å². The Labute approximate surface area is 127 Å². The predicted molar refractivity (Wildman–Crippen MR) is 84.0 cm³/mol. The molecule has 114 valence electrons. The number of hydrogen-bond acceptors (Lipinski definition) is 4. The molecule has 0 aromatic carbocycles. The fourth-order valence-electron chi connectivity index (χ4n) is 5.03. The van der Waals surface area contributed by atoms with Crippen LogP contribution in [0.3, 0.4) is 0 Å². The molecule has 3 saturated heterocycles. The Kier molecular flexibility index (Phi) is 3.78. The van der Waals surface area contributed by atoms with Crippen molar-refractivity contribution >= 4 is 11.8 Å². The molecule has 4 heteroatoms. The summed E-state index contributed by atoms with van der Waals surface area (Å²) < 4.78 is 6.18. The van der Waals surface area contributed by atoms with Crippen LogP contribution >= 0.6 is 11.8 Å². The Morgan fingerprint density at radius 3 is 2.95 bits per heavy atom. The second-order valence-corrected chi connectivity index (χ2v) is 8.56. The van der Waals surface area contributed by atoms with Crippen molar-refractivity contribution in [2.75, 3.05) is 31.2 Å². The topological polar surface area (TPSA) is 38.5 Å². The van der Waals surface area contributed by atoms with Crippen molar-refractivity contribution in [3.05, 3.63) is 0 Å². The molecule has 5 unspecified atom stereocenters. The van der Waals surface area contributed by atoms with E-state index in [1.54, 1.807) is 0 Å². The van der Waals surface area contributed by atoms with Gasteiger partial charge in [-0.1, -0.05) is 6.42 Å². The molecule has 4 fully saturated rings. The van der Waals surface area contributed by atoms with Crippen LogP contribution in [0.2, 0.25) is 0 Å². The van der Waals surface area contributed by atoms with Crippen LogP contribution in [0.4, 0.5) is 0 Å². The first-order chi connectivity index (χ1) is 9.76. The predicted octanol–water partition coefficient (Wildman–Crippen LogP) is 2.10. The molecular formula is C16H28N2OS. The maximum absolute atomic E-state index is 6.37. The molecular weight excluding hydrogens is 268 g/mol. The summed E-state index contributed by atoms with van der Waals surface area (Å²) in [5.74, 6) is 4.18. The molecule has 0 bridgehead atoms. The number of likely N-dealkylation sites (tertiary alicyclic amines) is 1. The lowest BCUT2D eigenvalue weighted by molar-refractivity contribution is -0.0874. The van der Waals surface area contributed by atoms with Crippen LogP contribution < -0.4 is 5.73 Å². The molecule has 1 aliphatic carbocycles. The zero-order valence-corrected chi connectivity index (χ0v) is 13.2. The highest BCUT2D eigenvalue weighted by molar-refractivity contribution is 7.99. The molecule has 1 spiro atoms. The Morgan fingerprint density at radius 1 is 1.20 bits per heavy atom. The van der Waals surface area contributed by atoms with Gasteiger partial charge in [0.2, 0.25) is 0 Å². The quantitative estimate of drug-likeness (QED) is 0.804. The Hall–Kier alpha value is 0.230. The van der Waals surface area contributed by atoms with E-state index < -0.39 is 0 Å². The van der Waals surface area contributed by atoms with Crippen molar-refractivity contribution in [3.8, 4) is 0 Å². The average molecular weight is 296 g/mol. The number of hydrogen-bond donors (Lipinski definition) is 1. The molecule has 20 heavy (non-hydrogen) atoms. The van der Waals surface area contributed by atoms with Gasteiger partial charge in [0.1, 0.15) is 0 Å². The van der Waals surface area contributed by atoms with Gasteiger partial charge >= 0.3 is 0 Å². The van der Waals surface area contributed by atoms with E-state index in [-0.39, 0.29) is 5.60 Å². The van der Waals surface area contributed by atoms with Crippen LogP contribution in [0.5, 0.6) is 0 Å². The van der Waals surface area contributed by atoms with E-state index in [4.69, 9.17) is 10.5 Å². The van der Waals surface area contributed by atoms with Gasteiger partial charge in [-0.25, -0.2) is 0 Å². The molecule has 5 atom stereocenters. The highest BCUT2D eigenvalue weighted by atomic mass is 32.2. The number of nitrogens with two attached hydrogens (primary N) is 1. The van der Waals surface area contributed by atoms with Gasteiger partial charge in [0.05, 0.1) is 5.60 Å². The third kappa shape index (κ3) is 2.43. The fourth-order valence-corrected chi connectivity index (χ4v) is 6.40. The molecule has 0 aromatic rings. The van der Waals surface area contributed by atoms with E-state index >= 15 is 0 Å². The van der Waals surface area contributed by atoms with Crippen molar-refractivity contribution in [2.24, 2.45) is 17.6 Å². The van der Waals surface area contributed by atoms with Gasteiger partial charge < -0.3 is 10.5 Å². The second-order valence-electron chi connectivity index (χ2n) is 7.45. The molecule has 0 radical (unpaired) electrons. The maximum Gasteiger partial charge on any atom is 0.0795 e. The first-order valence-corrected chi connectivity index (χ1v) is 9.63. The molecule has 4 aliphatic rings. The molecule has 1 saturated carbocycles. The number of fused-ring (bicyclic) bond motifs is 1. The van der Waals surface area contributed by atoms with E-state index in [1.165, 1.54) is 63.1 Å². The summed E-state index contributed by atoms with van der Waals surface area (Å²) in [7, 11) is 0. The Morgan fingerprint density at radius 2 is 2.15 bits per heavy atom. The van der Waals surface area contributed by atoms with Gasteiger partial charge in [-0.05, 0) is 49.7 Å². The fraction of sp³-hybridized carbons (Fsp3) is 1.00. The molecule has 2 N–H and O–H groups in total. The number of nitrogens with zero attached hydrogens (tertiary/aromatic N) is 1. The van der Waals surface area contributed by atoms with E-state index in [2.05, 4.69) is 16.7 Å². The van der Waals surface area contributed by atoms with Gasteiger partial charge in [-0.15, -0.1) is 0 Å². The number of ether oxygens (including phenoxy) is 1. The zero-order chi connectivity index (χ0) is 13.6. The Balaban J connectivity index is 1.43. The molecule has 3 aliphatic heterocycles. The number of thioether (sulfide) groups is 1. The molecule has 4 rings (SSSR count). The molecule has 0 aromatic heterocycles. The molecule has 0 amide bonds. The zero-order valence-electron chi connectivity index (χ0n) is 12.4. The first kappa shape index (κ1) is 13.9. The summed E-state index contributed by atoms with van der Waals surface area (Å²) in [5, 5.41) is 0. The smallest absolute Gasteiger partial charge is 0.0795 e. The second kappa shape index (κ2) is 5.45. The minimum atomic E-state index is 0.226. The minimum absolute atomic E-state index is 0.226. The Bertz CT molecular complexity index is 358. The van der Waals surface area contributed by atoms with Crippen LogP contribution in [-0.2, 0) is 4.74 Å². The van der Waals surface area contributed by atoms with Crippen molar-refractivity contribution in [3.63, 3.8) is 0 Å². The van der Waals surface area contributed by atoms with Crippen molar-refractivity contribution in [1.29, 1.82) is 0 Å². The standard InChI is InChI=1S/C16H28N2OS/c17-15-3-1-2-12-9-18(10-14(12)15)13-4-6-19-16(8-13)5-7-20-11-16/h12-15H,1-11,17H2. The number of rotatable bonds is 1. The van der Waals surface area contributed by atoms with Crippen LogP contribution in [0.1, 0.15) is 38.5 Å². The van der Waals surface area contributed by atoms with E-state index in [0.717, 1.165) is 24.5 Å². The SMILES string of the molecule is NC1CCCC2CN(C3CCOC4(CCSC4)C3)CC12. The lowest BCUT2D eigenvalue weighted by Crippen LogP contribution is -2.48. The highest BCUT2D eigenvalue weighted by Crippen LogP contribution is 2.42. The van der Waals surface area contributed by atoms with E-state index in [9.17, 15) is 0 Å². The normalized spacial score (nSPS) is 49.6. The summed E-state index contributed by atoms with van der Waals surface area (Å²) in [4.78, 5) is 2.79. The summed E-state index contributed by atoms with van der Waals surface area (Å²) in [6.45, 7) is 3.55.